The number of aromatic nitrogens is 2. The highest BCUT2D eigenvalue weighted by Gasteiger charge is 2.32. The van der Waals surface area contributed by atoms with Gasteiger partial charge in [0.05, 0.1) is 6.04 Å². The van der Waals surface area contributed by atoms with E-state index in [0.29, 0.717) is 24.8 Å². The largest absolute Gasteiger partial charge is 0.486 e. The highest BCUT2D eigenvalue weighted by Crippen LogP contribution is 2.38. The Hall–Kier alpha value is -2.50. The minimum Gasteiger partial charge on any atom is -0.486 e. The van der Waals surface area contributed by atoms with E-state index in [1.54, 1.807) is 0 Å². The topological polar surface area (TPSA) is 67.5 Å². The summed E-state index contributed by atoms with van der Waals surface area (Å²) in [5.74, 6) is 1.85. The molecule has 2 aliphatic rings. The summed E-state index contributed by atoms with van der Waals surface area (Å²) in [4.78, 5) is 14.9. The second-order valence-electron chi connectivity index (χ2n) is 6.92. The molecule has 6 nitrogen and oxygen atoms in total. The summed E-state index contributed by atoms with van der Waals surface area (Å²) in [5, 5.41) is 7.19. The fourth-order valence-corrected chi connectivity index (χ4v) is 3.51. The van der Waals surface area contributed by atoms with Crippen LogP contribution in [0.4, 0.5) is 0 Å². The summed E-state index contributed by atoms with van der Waals surface area (Å²) in [7, 11) is 0. The van der Waals surface area contributed by atoms with E-state index in [0.717, 1.165) is 42.1 Å². The van der Waals surface area contributed by atoms with Gasteiger partial charge in [-0.2, -0.15) is 5.10 Å². The average molecular weight is 341 g/mol. The van der Waals surface area contributed by atoms with Crippen LogP contribution >= 0.6 is 0 Å². The first kappa shape index (κ1) is 16.0. The summed E-state index contributed by atoms with van der Waals surface area (Å²) in [6.45, 7) is 6.06. The van der Waals surface area contributed by atoms with Gasteiger partial charge in [-0.25, -0.2) is 0 Å². The van der Waals surface area contributed by atoms with Gasteiger partial charge < -0.3 is 14.4 Å². The first-order valence-electron chi connectivity index (χ1n) is 8.89. The van der Waals surface area contributed by atoms with Gasteiger partial charge in [0, 0.05) is 12.2 Å². The molecule has 2 aliphatic heterocycles. The Bertz CT molecular complexity index is 784. The number of rotatable bonds is 3. The summed E-state index contributed by atoms with van der Waals surface area (Å²) in [5.41, 5.74) is 2.57. The third-order valence-corrected chi connectivity index (χ3v) is 4.90. The van der Waals surface area contributed by atoms with E-state index in [4.69, 9.17) is 9.47 Å². The predicted octanol–water partition coefficient (Wildman–Crippen LogP) is 3.28. The first-order chi connectivity index (χ1) is 12.1. The van der Waals surface area contributed by atoms with Crippen molar-refractivity contribution in [2.75, 3.05) is 19.8 Å². The number of amides is 1. The molecule has 0 radical (unpaired) electrons. The number of ether oxygens (including phenoxy) is 2. The quantitative estimate of drug-likeness (QED) is 0.930. The number of H-pyrrole nitrogens is 1. The molecule has 1 N–H and O–H groups in total. The molecule has 1 aromatic carbocycles. The van der Waals surface area contributed by atoms with Gasteiger partial charge in [0.2, 0.25) is 0 Å². The van der Waals surface area contributed by atoms with Crippen LogP contribution in [-0.4, -0.2) is 40.8 Å². The van der Waals surface area contributed by atoms with Crippen LogP contribution in [-0.2, 0) is 0 Å². The molecule has 0 saturated carbocycles. The smallest absolute Gasteiger partial charge is 0.274 e. The zero-order valence-corrected chi connectivity index (χ0v) is 14.6. The maximum absolute atomic E-state index is 12.9. The Morgan fingerprint density at radius 1 is 1.24 bits per heavy atom. The van der Waals surface area contributed by atoms with Gasteiger partial charge >= 0.3 is 0 Å². The average Bonchev–Trinajstić information content (AvgIpc) is 3.30. The Balaban J connectivity index is 1.58. The number of hydrogen-bond donors (Lipinski definition) is 1. The van der Waals surface area contributed by atoms with E-state index < -0.39 is 0 Å². The molecular weight excluding hydrogens is 318 g/mol. The number of fused-ring (bicyclic) bond motifs is 1. The standard InChI is InChI=1S/C19H23N3O3/c1-12(2)14-11-15(21-20-14)19(23)22-7-3-4-16(22)13-5-6-17-18(10-13)25-9-8-24-17/h5-6,10-12,16H,3-4,7-9H2,1-2H3,(H,20,21)/t16-/m1/s1. The van der Waals surface area contributed by atoms with E-state index in [9.17, 15) is 4.79 Å². The van der Waals surface area contributed by atoms with Crippen molar-refractivity contribution < 1.29 is 14.3 Å². The molecule has 0 spiro atoms. The Morgan fingerprint density at radius 3 is 2.80 bits per heavy atom. The Kier molecular flexibility index (Phi) is 4.11. The van der Waals surface area contributed by atoms with Gasteiger partial charge in [0.1, 0.15) is 18.9 Å². The number of carbonyl (C=O) groups is 1. The van der Waals surface area contributed by atoms with Crippen molar-refractivity contribution >= 4 is 5.91 Å². The molecule has 1 amide bonds. The van der Waals surface area contributed by atoms with E-state index in [1.807, 2.05) is 29.2 Å². The number of hydrogen-bond acceptors (Lipinski definition) is 4. The maximum Gasteiger partial charge on any atom is 0.274 e. The molecule has 0 bridgehead atoms. The van der Waals surface area contributed by atoms with Crippen LogP contribution in [0.15, 0.2) is 24.3 Å². The lowest BCUT2D eigenvalue weighted by atomic mass is 10.0. The molecule has 6 heteroatoms. The van der Waals surface area contributed by atoms with Crippen molar-refractivity contribution in [1.82, 2.24) is 15.1 Å². The number of nitrogens with zero attached hydrogens (tertiary/aromatic N) is 2. The zero-order valence-electron chi connectivity index (χ0n) is 14.6. The molecule has 4 rings (SSSR count). The molecule has 132 valence electrons. The Labute approximate surface area is 147 Å². The number of nitrogens with one attached hydrogen (secondary N) is 1. The highest BCUT2D eigenvalue weighted by atomic mass is 16.6. The maximum atomic E-state index is 12.9. The molecule has 3 heterocycles. The third kappa shape index (κ3) is 2.97. The fraction of sp³-hybridized carbons (Fsp3) is 0.474. The van der Waals surface area contributed by atoms with Crippen molar-refractivity contribution in [3.8, 4) is 11.5 Å². The minimum absolute atomic E-state index is 0.0134. The molecule has 0 aliphatic carbocycles. The van der Waals surface area contributed by atoms with Gasteiger partial charge in [-0.15, -0.1) is 0 Å². The molecule has 1 saturated heterocycles. The molecular formula is C19H23N3O3. The lowest BCUT2D eigenvalue weighted by Crippen LogP contribution is -2.31. The van der Waals surface area contributed by atoms with Gasteiger partial charge in [-0.1, -0.05) is 19.9 Å². The molecule has 25 heavy (non-hydrogen) atoms. The number of aromatic amines is 1. The molecule has 1 aromatic heterocycles. The number of benzene rings is 1. The van der Waals surface area contributed by atoms with Crippen molar-refractivity contribution in [1.29, 1.82) is 0 Å². The molecule has 0 unspecified atom stereocenters. The lowest BCUT2D eigenvalue weighted by molar-refractivity contribution is 0.0729. The van der Waals surface area contributed by atoms with Crippen LogP contribution < -0.4 is 9.47 Å². The van der Waals surface area contributed by atoms with Crippen LogP contribution in [0.25, 0.3) is 0 Å². The number of likely N-dealkylation sites (tertiary alicyclic amines) is 1. The van der Waals surface area contributed by atoms with Gasteiger partial charge in [-0.05, 0) is 42.5 Å². The summed E-state index contributed by atoms with van der Waals surface area (Å²) in [6.07, 6.45) is 1.94. The van der Waals surface area contributed by atoms with Crippen LogP contribution in [0, 0.1) is 0 Å². The van der Waals surface area contributed by atoms with E-state index in [2.05, 4.69) is 24.0 Å². The third-order valence-electron chi connectivity index (χ3n) is 4.90. The van der Waals surface area contributed by atoms with Crippen molar-refractivity contribution in [2.45, 2.75) is 38.6 Å². The predicted molar refractivity (Wildman–Crippen MR) is 93.1 cm³/mol. The molecule has 1 atom stereocenters. The lowest BCUT2D eigenvalue weighted by Gasteiger charge is -2.26. The van der Waals surface area contributed by atoms with Crippen LogP contribution in [0.2, 0.25) is 0 Å². The normalized spacial score (nSPS) is 19.5. The van der Waals surface area contributed by atoms with Crippen LogP contribution in [0.3, 0.4) is 0 Å². The first-order valence-corrected chi connectivity index (χ1v) is 8.89. The van der Waals surface area contributed by atoms with Gasteiger partial charge in [-0.3, -0.25) is 9.89 Å². The van der Waals surface area contributed by atoms with E-state index in [1.165, 1.54) is 0 Å². The highest BCUT2D eigenvalue weighted by molar-refractivity contribution is 5.93. The minimum atomic E-state index is -0.0134. The molecule has 1 fully saturated rings. The van der Waals surface area contributed by atoms with Gasteiger partial charge in [0.25, 0.3) is 5.91 Å². The zero-order chi connectivity index (χ0) is 17.4. The van der Waals surface area contributed by atoms with Crippen molar-refractivity contribution in [2.24, 2.45) is 0 Å². The second-order valence-corrected chi connectivity index (χ2v) is 6.92. The van der Waals surface area contributed by atoms with E-state index >= 15 is 0 Å². The monoisotopic (exact) mass is 341 g/mol. The van der Waals surface area contributed by atoms with Crippen molar-refractivity contribution in [3.05, 3.63) is 41.2 Å². The summed E-state index contributed by atoms with van der Waals surface area (Å²) < 4.78 is 11.3. The Morgan fingerprint density at radius 2 is 2.04 bits per heavy atom. The van der Waals surface area contributed by atoms with Crippen LogP contribution in [0.1, 0.15) is 60.4 Å². The van der Waals surface area contributed by atoms with Crippen LogP contribution in [0.5, 0.6) is 11.5 Å². The fourth-order valence-electron chi connectivity index (χ4n) is 3.51. The molecule has 2 aromatic rings. The second kappa shape index (κ2) is 6.43. The summed E-state index contributed by atoms with van der Waals surface area (Å²) >= 11 is 0. The summed E-state index contributed by atoms with van der Waals surface area (Å²) in [6, 6.07) is 7.91. The van der Waals surface area contributed by atoms with E-state index in [-0.39, 0.29) is 11.9 Å². The SMILES string of the molecule is CC(C)c1cc(C(=O)N2CCC[C@@H]2c2ccc3c(c2)OCCO3)n[nH]1. The van der Waals surface area contributed by atoms with Crippen molar-refractivity contribution in [3.63, 3.8) is 0 Å². The van der Waals surface area contributed by atoms with Gasteiger partial charge in [0.15, 0.2) is 11.5 Å². The number of carbonyl (C=O) groups excluding carboxylic acids is 1.